The SMILES string of the molecule is CCCCS(=O)(=O)N[C@@H]1CCCN([C@@H]2C=C(C(=O)O)C[C@H](N=C(C)N)[C@H]2C)C1. The third-order valence-electron chi connectivity index (χ3n) is 5.58. The van der Waals surface area contributed by atoms with Crippen molar-refractivity contribution in [2.75, 3.05) is 18.8 Å². The van der Waals surface area contributed by atoms with Gasteiger partial charge in [-0.15, -0.1) is 0 Å². The molecule has 28 heavy (non-hydrogen) atoms. The molecule has 0 saturated carbocycles. The molecule has 8 nitrogen and oxygen atoms in total. The lowest BCUT2D eigenvalue weighted by Gasteiger charge is -2.43. The first-order chi connectivity index (χ1) is 13.1. The molecule has 0 unspecified atom stereocenters. The summed E-state index contributed by atoms with van der Waals surface area (Å²) in [6, 6.07) is -0.437. The Bertz CT molecular complexity index is 715. The maximum Gasteiger partial charge on any atom is 0.331 e. The number of rotatable bonds is 8. The zero-order valence-electron chi connectivity index (χ0n) is 17.1. The Morgan fingerprint density at radius 3 is 2.79 bits per heavy atom. The van der Waals surface area contributed by atoms with Crippen LogP contribution in [0.1, 0.15) is 52.9 Å². The van der Waals surface area contributed by atoms with Crippen LogP contribution < -0.4 is 10.5 Å². The summed E-state index contributed by atoms with van der Waals surface area (Å²) in [5.41, 5.74) is 6.11. The van der Waals surface area contributed by atoms with E-state index in [0.29, 0.717) is 30.8 Å². The maximum atomic E-state index is 12.3. The molecule has 0 bridgehead atoms. The van der Waals surface area contributed by atoms with Gasteiger partial charge in [-0.05, 0) is 38.6 Å². The summed E-state index contributed by atoms with van der Waals surface area (Å²) < 4.78 is 27.4. The van der Waals surface area contributed by atoms with Crippen LogP contribution >= 0.6 is 0 Å². The van der Waals surface area contributed by atoms with Crippen molar-refractivity contribution in [3.63, 3.8) is 0 Å². The number of hydrogen-bond acceptors (Lipinski definition) is 5. The number of nitrogens with zero attached hydrogens (tertiary/aromatic N) is 2. The Labute approximate surface area is 168 Å². The van der Waals surface area contributed by atoms with Crippen molar-refractivity contribution in [3.8, 4) is 0 Å². The molecule has 0 radical (unpaired) electrons. The van der Waals surface area contributed by atoms with Crippen LogP contribution in [0.3, 0.4) is 0 Å². The number of carboxylic acid groups (broad SMARTS) is 1. The first-order valence-corrected chi connectivity index (χ1v) is 11.8. The van der Waals surface area contributed by atoms with E-state index in [0.717, 1.165) is 25.8 Å². The second-order valence-electron chi connectivity index (χ2n) is 8.01. The van der Waals surface area contributed by atoms with Gasteiger partial charge in [0.1, 0.15) is 0 Å². The van der Waals surface area contributed by atoms with Gasteiger partial charge in [0, 0.05) is 30.6 Å². The summed E-state index contributed by atoms with van der Waals surface area (Å²) in [5, 5.41) is 9.52. The number of carboxylic acids is 1. The van der Waals surface area contributed by atoms with Crippen LogP contribution in [0.15, 0.2) is 16.6 Å². The normalized spacial score (nSPS) is 30.1. The number of piperidine rings is 1. The molecular formula is C19H34N4O4S. The Morgan fingerprint density at radius 2 is 2.18 bits per heavy atom. The zero-order chi connectivity index (χ0) is 20.9. The Hall–Kier alpha value is -1.45. The predicted octanol–water partition coefficient (Wildman–Crippen LogP) is 1.34. The molecule has 2 aliphatic rings. The van der Waals surface area contributed by atoms with Gasteiger partial charge in [0.2, 0.25) is 10.0 Å². The first kappa shape index (κ1) is 22.8. The van der Waals surface area contributed by atoms with E-state index in [1.165, 1.54) is 0 Å². The number of carbonyl (C=O) groups is 1. The van der Waals surface area contributed by atoms with E-state index < -0.39 is 16.0 Å². The smallest absolute Gasteiger partial charge is 0.331 e. The molecule has 2 rings (SSSR count). The van der Waals surface area contributed by atoms with Crippen LogP contribution in [-0.4, -0.2) is 67.2 Å². The van der Waals surface area contributed by atoms with Gasteiger partial charge in [0.25, 0.3) is 0 Å². The highest BCUT2D eigenvalue weighted by atomic mass is 32.2. The van der Waals surface area contributed by atoms with Crippen LogP contribution in [-0.2, 0) is 14.8 Å². The summed E-state index contributed by atoms with van der Waals surface area (Å²) in [4.78, 5) is 18.3. The van der Waals surface area contributed by atoms with Gasteiger partial charge >= 0.3 is 5.97 Å². The van der Waals surface area contributed by atoms with E-state index in [-0.39, 0.29) is 29.8 Å². The van der Waals surface area contributed by atoms with Gasteiger partial charge in [-0.25, -0.2) is 17.9 Å². The number of nitrogens with one attached hydrogen (secondary N) is 1. The van der Waals surface area contributed by atoms with E-state index in [4.69, 9.17) is 5.73 Å². The van der Waals surface area contributed by atoms with Crippen molar-refractivity contribution in [2.45, 2.75) is 71.0 Å². The van der Waals surface area contributed by atoms with Gasteiger partial charge in [0.05, 0.1) is 17.6 Å². The minimum absolute atomic E-state index is 0.0945. The second kappa shape index (κ2) is 9.84. The number of likely N-dealkylation sites (tertiary alicyclic amines) is 1. The van der Waals surface area contributed by atoms with Crippen molar-refractivity contribution < 1.29 is 18.3 Å². The van der Waals surface area contributed by atoms with Gasteiger partial charge in [0.15, 0.2) is 0 Å². The standard InChI is InChI=1S/C19H34N4O4S/c1-4-5-9-28(26,27)22-16-7-6-8-23(12-16)18-11-15(19(24)25)10-17(13(18)2)21-14(3)20/h11,13,16-18,22H,4-10,12H2,1-3H3,(H2,20,21)(H,24,25)/t13-,16-,17+,18-/m1/s1. The molecule has 0 aromatic carbocycles. The molecule has 0 aromatic heterocycles. The van der Waals surface area contributed by atoms with E-state index >= 15 is 0 Å². The highest BCUT2D eigenvalue weighted by molar-refractivity contribution is 7.89. The van der Waals surface area contributed by atoms with Crippen LogP contribution in [0.4, 0.5) is 0 Å². The number of nitrogens with two attached hydrogens (primary N) is 1. The fourth-order valence-electron chi connectivity index (χ4n) is 4.11. The zero-order valence-corrected chi connectivity index (χ0v) is 17.9. The Morgan fingerprint density at radius 1 is 1.46 bits per heavy atom. The first-order valence-electron chi connectivity index (χ1n) is 10.1. The highest BCUT2D eigenvalue weighted by Gasteiger charge is 2.37. The summed E-state index contributed by atoms with van der Waals surface area (Å²) in [6.45, 7) is 7.12. The number of amidine groups is 1. The molecule has 160 valence electrons. The third-order valence-corrected chi connectivity index (χ3v) is 7.10. The highest BCUT2D eigenvalue weighted by Crippen LogP contribution is 2.32. The van der Waals surface area contributed by atoms with Crippen LogP contribution in [0.25, 0.3) is 0 Å². The number of aliphatic carboxylic acids is 1. The lowest BCUT2D eigenvalue weighted by atomic mass is 9.81. The summed E-state index contributed by atoms with van der Waals surface area (Å²) in [6.07, 6.45) is 5.32. The van der Waals surface area contributed by atoms with Crippen molar-refractivity contribution in [2.24, 2.45) is 16.6 Å². The van der Waals surface area contributed by atoms with Crippen molar-refractivity contribution in [1.29, 1.82) is 0 Å². The molecule has 1 heterocycles. The molecule has 1 fully saturated rings. The Balaban J connectivity index is 2.15. The quantitative estimate of drug-likeness (QED) is 0.406. The molecule has 0 amide bonds. The van der Waals surface area contributed by atoms with Gasteiger partial charge in [-0.1, -0.05) is 26.3 Å². The summed E-state index contributed by atoms with van der Waals surface area (Å²) >= 11 is 0. The average Bonchev–Trinajstić information content (AvgIpc) is 2.61. The number of aliphatic imine (C=N–C) groups is 1. The van der Waals surface area contributed by atoms with Crippen molar-refractivity contribution in [1.82, 2.24) is 9.62 Å². The molecule has 0 spiro atoms. The summed E-state index contributed by atoms with van der Waals surface area (Å²) in [5.74, 6) is -0.241. The monoisotopic (exact) mass is 414 g/mol. The van der Waals surface area contributed by atoms with Crippen LogP contribution in [0.2, 0.25) is 0 Å². The minimum atomic E-state index is -3.29. The number of hydrogen-bond donors (Lipinski definition) is 3. The van der Waals surface area contributed by atoms with Crippen LogP contribution in [0, 0.1) is 5.92 Å². The largest absolute Gasteiger partial charge is 0.478 e. The average molecular weight is 415 g/mol. The molecule has 4 N–H and O–H groups in total. The molecular weight excluding hydrogens is 380 g/mol. The molecule has 0 aromatic rings. The van der Waals surface area contributed by atoms with Gasteiger partial charge in [-0.2, -0.15) is 0 Å². The van der Waals surface area contributed by atoms with E-state index in [9.17, 15) is 18.3 Å². The molecule has 4 atom stereocenters. The van der Waals surface area contributed by atoms with Gasteiger partial charge < -0.3 is 10.8 Å². The number of sulfonamides is 1. The maximum absolute atomic E-state index is 12.3. The van der Waals surface area contributed by atoms with E-state index in [1.54, 1.807) is 6.92 Å². The fraction of sp³-hybridized carbons (Fsp3) is 0.789. The lowest BCUT2D eigenvalue weighted by Crippen LogP contribution is -2.54. The predicted molar refractivity (Wildman–Crippen MR) is 111 cm³/mol. The molecule has 1 saturated heterocycles. The molecule has 1 aliphatic heterocycles. The number of unbranched alkanes of at least 4 members (excludes halogenated alkanes) is 1. The third kappa shape index (κ3) is 6.28. The minimum Gasteiger partial charge on any atom is -0.478 e. The fourth-order valence-corrected chi connectivity index (χ4v) is 5.59. The van der Waals surface area contributed by atoms with Crippen molar-refractivity contribution >= 4 is 21.8 Å². The van der Waals surface area contributed by atoms with Crippen molar-refractivity contribution in [3.05, 3.63) is 11.6 Å². The topological polar surface area (TPSA) is 125 Å². The molecule has 1 aliphatic carbocycles. The molecule has 9 heteroatoms. The summed E-state index contributed by atoms with van der Waals surface area (Å²) in [7, 11) is -3.29. The lowest BCUT2D eigenvalue weighted by molar-refractivity contribution is -0.133. The second-order valence-corrected chi connectivity index (χ2v) is 9.89. The van der Waals surface area contributed by atoms with Crippen LogP contribution in [0.5, 0.6) is 0 Å². The Kier molecular flexibility index (Phi) is 8.03. The van der Waals surface area contributed by atoms with E-state index in [1.807, 2.05) is 13.0 Å². The van der Waals surface area contributed by atoms with Gasteiger partial charge in [-0.3, -0.25) is 9.89 Å². The van der Waals surface area contributed by atoms with E-state index in [2.05, 4.69) is 21.5 Å².